The molecule has 0 amide bonds. The lowest BCUT2D eigenvalue weighted by molar-refractivity contribution is 0.302. The van der Waals surface area contributed by atoms with Gasteiger partial charge in [-0.1, -0.05) is 94.5 Å². The van der Waals surface area contributed by atoms with E-state index >= 15 is 0 Å². The summed E-state index contributed by atoms with van der Waals surface area (Å²) in [5, 5.41) is 0. The lowest BCUT2D eigenvalue weighted by Gasteiger charge is -2.29. The molecule has 2 aromatic rings. The molecule has 2 aromatic carbocycles. The largest absolute Gasteiger partial charge is 0.0654 e. The Bertz CT molecular complexity index is 627. The fourth-order valence-electron chi connectivity index (χ4n) is 4.52. The number of aryl methyl sites for hydroxylation is 1. The Labute approximate surface area is 161 Å². The second-order valence-electron chi connectivity index (χ2n) is 8.24. The van der Waals surface area contributed by atoms with Crippen LogP contribution in [0.25, 0.3) is 11.1 Å². The Hall–Kier alpha value is -1.56. The minimum atomic E-state index is 0.790. The van der Waals surface area contributed by atoms with Crippen molar-refractivity contribution in [1.29, 1.82) is 0 Å². The molecule has 1 aliphatic rings. The summed E-state index contributed by atoms with van der Waals surface area (Å²) in [6.45, 7) is 4.51. The Kier molecular flexibility index (Phi) is 7.35. The van der Waals surface area contributed by atoms with Gasteiger partial charge in [-0.15, -0.1) is 0 Å². The van der Waals surface area contributed by atoms with Crippen LogP contribution in [0.5, 0.6) is 0 Å². The Balaban J connectivity index is 1.51. The van der Waals surface area contributed by atoms with Gasteiger partial charge in [0.1, 0.15) is 0 Å². The monoisotopic (exact) mass is 348 g/mol. The first-order chi connectivity index (χ1) is 12.8. The molecule has 0 heteroatoms. The Morgan fingerprint density at radius 3 is 1.88 bits per heavy atom. The van der Waals surface area contributed by atoms with Crippen LogP contribution in [-0.2, 0) is 6.42 Å². The minimum absolute atomic E-state index is 0.790. The van der Waals surface area contributed by atoms with Crippen LogP contribution in [0.4, 0.5) is 0 Å². The van der Waals surface area contributed by atoms with Crippen molar-refractivity contribution in [3.05, 3.63) is 59.7 Å². The molecular weight excluding hydrogens is 312 g/mol. The summed E-state index contributed by atoms with van der Waals surface area (Å²) >= 11 is 0. The van der Waals surface area contributed by atoms with Gasteiger partial charge in [0.2, 0.25) is 0 Å². The second kappa shape index (κ2) is 9.95. The molecule has 1 aliphatic carbocycles. The second-order valence-corrected chi connectivity index (χ2v) is 8.24. The molecule has 0 unspecified atom stereocenters. The van der Waals surface area contributed by atoms with Gasteiger partial charge >= 0.3 is 0 Å². The van der Waals surface area contributed by atoms with Crippen molar-refractivity contribution in [2.24, 2.45) is 5.92 Å². The van der Waals surface area contributed by atoms with E-state index in [1.807, 2.05) is 0 Å². The van der Waals surface area contributed by atoms with Gasteiger partial charge in [0.25, 0.3) is 0 Å². The first-order valence-corrected chi connectivity index (χ1v) is 11.0. The summed E-state index contributed by atoms with van der Waals surface area (Å²) in [6.07, 6.45) is 13.9. The third-order valence-corrected chi connectivity index (χ3v) is 6.39. The van der Waals surface area contributed by atoms with Crippen molar-refractivity contribution in [3.63, 3.8) is 0 Å². The van der Waals surface area contributed by atoms with E-state index in [4.69, 9.17) is 0 Å². The molecule has 0 aromatic heterocycles. The molecule has 0 spiro atoms. The van der Waals surface area contributed by atoms with E-state index in [0.29, 0.717) is 0 Å². The molecule has 140 valence electrons. The average Bonchev–Trinajstić information content (AvgIpc) is 2.72. The van der Waals surface area contributed by atoms with Gasteiger partial charge < -0.3 is 0 Å². The van der Waals surface area contributed by atoms with Crippen molar-refractivity contribution in [3.8, 4) is 11.1 Å². The predicted octanol–water partition coefficient (Wildman–Crippen LogP) is 8.16. The molecule has 1 saturated carbocycles. The van der Waals surface area contributed by atoms with Crippen molar-refractivity contribution in [2.75, 3.05) is 0 Å². The maximum atomic E-state index is 2.38. The van der Waals surface area contributed by atoms with E-state index in [-0.39, 0.29) is 0 Å². The number of rotatable bonds is 8. The quantitative estimate of drug-likeness (QED) is 0.422. The van der Waals surface area contributed by atoms with Crippen LogP contribution in [0.3, 0.4) is 0 Å². The molecule has 0 saturated heterocycles. The highest BCUT2D eigenvalue weighted by Gasteiger charge is 2.22. The summed E-state index contributed by atoms with van der Waals surface area (Å²) in [5.74, 6) is 1.79. The van der Waals surface area contributed by atoms with Crippen molar-refractivity contribution in [1.82, 2.24) is 0 Å². The molecule has 26 heavy (non-hydrogen) atoms. The molecule has 0 aliphatic heterocycles. The van der Waals surface area contributed by atoms with Gasteiger partial charge in [0, 0.05) is 0 Å². The molecule has 3 rings (SSSR count). The smallest absolute Gasteiger partial charge is 0.0162 e. The highest BCUT2D eigenvalue weighted by molar-refractivity contribution is 5.64. The van der Waals surface area contributed by atoms with Crippen LogP contribution in [0.1, 0.15) is 88.7 Å². The fraction of sp³-hybridized carbons (Fsp3) is 0.538. The number of unbranched alkanes of at least 4 members (excludes halogenated alkanes) is 3. The zero-order valence-electron chi connectivity index (χ0n) is 16.8. The summed E-state index contributed by atoms with van der Waals surface area (Å²) < 4.78 is 0. The van der Waals surface area contributed by atoms with Crippen molar-refractivity contribution >= 4 is 0 Å². The van der Waals surface area contributed by atoms with Gasteiger partial charge in [-0.25, -0.2) is 0 Å². The van der Waals surface area contributed by atoms with Crippen LogP contribution >= 0.6 is 0 Å². The first kappa shape index (κ1) is 19.2. The van der Waals surface area contributed by atoms with Crippen LogP contribution in [0.2, 0.25) is 0 Å². The summed E-state index contributed by atoms with van der Waals surface area (Å²) in [6, 6.07) is 18.5. The van der Waals surface area contributed by atoms with Crippen molar-refractivity contribution < 1.29 is 0 Å². The number of benzene rings is 2. The summed E-state index contributed by atoms with van der Waals surface area (Å²) in [7, 11) is 0. The van der Waals surface area contributed by atoms with Crippen LogP contribution in [-0.4, -0.2) is 0 Å². The Morgan fingerprint density at radius 2 is 1.31 bits per heavy atom. The maximum Gasteiger partial charge on any atom is -0.0162 e. The standard InChI is InChI=1S/C26H36/c1-3-5-6-7-8-22-11-15-24(16-12-22)26-19-17-25(18-20-26)23-13-9-21(4-2)10-14-23/h9-10,13-14,17-20,22,24H,3-8,11-12,15-16H2,1-2H3. The molecule has 0 N–H and O–H groups in total. The van der Waals surface area contributed by atoms with Gasteiger partial charge in [-0.3, -0.25) is 0 Å². The molecule has 0 radical (unpaired) electrons. The third kappa shape index (κ3) is 5.22. The topological polar surface area (TPSA) is 0 Å². The number of hydrogen-bond acceptors (Lipinski definition) is 0. The maximum absolute atomic E-state index is 2.38. The fourth-order valence-corrected chi connectivity index (χ4v) is 4.52. The van der Waals surface area contributed by atoms with E-state index in [0.717, 1.165) is 18.3 Å². The first-order valence-electron chi connectivity index (χ1n) is 11.0. The van der Waals surface area contributed by atoms with E-state index in [1.54, 1.807) is 5.56 Å². The van der Waals surface area contributed by atoms with Gasteiger partial charge in [-0.2, -0.15) is 0 Å². The highest BCUT2D eigenvalue weighted by Crippen LogP contribution is 2.38. The van der Waals surface area contributed by atoms with Crippen molar-refractivity contribution in [2.45, 2.75) is 84.0 Å². The van der Waals surface area contributed by atoms with Gasteiger partial charge in [0.05, 0.1) is 0 Å². The molecule has 0 bridgehead atoms. The molecule has 1 fully saturated rings. The Morgan fingerprint density at radius 1 is 0.692 bits per heavy atom. The summed E-state index contributed by atoms with van der Waals surface area (Å²) in [4.78, 5) is 0. The van der Waals surface area contributed by atoms with Gasteiger partial charge in [-0.05, 0) is 66.2 Å². The average molecular weight is 349 g/mol. The lowest BCUT2D eigenvalue weighted by Crippen LogP contribution is -2.13. The summed E-state index contributed by atoms with van der Waals surface area (Å²) in [5.41, 5.74) is 5.66. The predicted molar refractivity (Wildman–Crippen MR) is 115 cm³/mol. The van der Waals surface area contributed by atoms with E-state index in [9.17, 15) is 0 Å². The molecule has 0 nitrogen and oxygen atoms in total. The third-order valence-electron chi connectivity index (χ3n) is 6.39. The highest BCUT2D eigenvalue weighted by atomic mass is 14.3. The van der Waals surface area contributed by atoms with E-state index in [1.165, 1.54) is 74.5 Å². The number of hydrogen-bond donors (Lipinski definition) is 0. The SMILES string of the molecule is CCCCCCC1CCC(c2ccc(-c3ccc(CC)cc3)cc2)CC1. The van der Waals surface area contributed by atoms with Crippen LogP contribution in [0.15, 0.2) is 48.5 Å². The molecule has 0 atom stereocenters. The van der Waals surface area contributed by atoms with E-state index < -0.39 is 0 Å². The van der Waals surface area contributed by atoms with Gasteiger partial charge in [0.15, 0.2) is 0 Å². The zero-order chi connectivity index (χ0) is 18.2. The normalized spacial score (nSPS) is 20.2. The van der Waals surface area contributed by atoms with Crippen LogP contribution in [0, 0.1) is 5.92 Å². The van der Waals surface area contributed by atoms with Crippen LogP contribution < -0.4 is 0 Å². The molecule has 0 heterocycles. The lowest BCUT2D eigenvalue weighted by atomic mass is 9.77. The minimum Gasteiger partial charge on any atom is -0.0654 e. The zero-order valence-corrected chi connectivity index (χ0v) is 16.8. The molecular formula is C26H36. The van der Waals surface area contributed by atoms with E-state index in [2.05, 4.69) is 62.4 Å².